The molecule has 0 amide bonds. The molecule has 0 atom stereocenters. The van der Waals surface area contributed by atoms with Gasteiger partial charge in [0, 0.05) is 5.02 Å². The van der Waals surface area contributed by atoms with Crippen molar-refractivity contribution in [3.8, 4) is 5.75 Å². The van der Waals surface area contributed by atoms with E-state index in [4.69, 9.17) is 20.9 Å². The Hall–Kier alpha value is -0.780. The van der Waals surface area contributed by atoms with E-state index in [-0.39, 0.29) is 15.7 Å². The van der Waals surface area contributed by atoms with Gasteiger partial charge >= 0.3 is 0 Å². The first kappa shape index (κ1) is 14.2. The third-order valence-electron chi connectivity index (χ3n) is 1.40. The highest BCUT2D eigenvalue weighted by molar-refractivity contribution is 7.86. The lowest BCUT2D eigenvalue weighted by Crippen LogP contribution is -2.01. The van der Waals surface area contributed by atoms with Gasteiger partial charge in [-0.2, -0.15) is 8.42 Å². The van der Waals surface area contributed by atoms with Gasteiger partial charge in [0.15, 0.2) is 0 Å². The van der Waals surface area contributed by atoms with E-state index in [1.165, 1.54) is 19.2 Å². The van der Waals surface area contributed by atoms with Crippen LogP contribution in [0, 0.1) is 0 Å². The zero-order valence-corrected chi connectivity index (χ0v) is 10.3. The fourth-order valence-corrected chi connectivity index (χ4v) is 1.77. The minimum atomic E-state index is -4.28. The molecule has 0 aliphatic heterocycles. The van der Waals surface area contributed by atoms with Gasteiger partial charge in [0.1, 0.15) is 10.6 Å². The highest BCUT2D eigenvalue weighted by Crippen LogP contribution is 2.26. The maximum absolute atomic E-state index is 10.8. The standard InChI is InChI=1S/C7H7ClO4S.C2H6/c1-12-6-3-2-5(8)4-7(6)13(9,10)11;1-2/h2-4H,1H3,(H,9,10,11);1-2H3. The SMILES string of the molecule is CC.COc1ccc(Cl)cc1S(=O)(=O)O. The topological polar surface area (TPSA) is 63.6 Å². The van der Waals surface area contributed by atoms with Crippen molar-refractivity contribution in [3.63, 3.8) is 0 Å². The average Bonchev–Trinajstić information content (AvgIpc) is 2.19. The zero-order valence-electron chi connectivity index (χ0n) is 8.69. The van der Waals surface area contributed by atoms with Gasteiger partial charge in [0.2, 0.25) is 0 Å². The summed E-state index contributed by atoms with van der Waals surface area (Å²) >= 11 is 5.55. The number of methoxy groups -OCH3 is 1. The number of hydrogen-bond donors (Lipinski definition) is 1. The second-order valence-corrected chi connectivity index (χ2v) is 4.10. The molecule has 0 bridgehead atoms. The van der Waals surface area contributed by atoms with Crippen LogP contribution in [0.1, 0.15) is 13.8 Å². The van der Waals surface area contributed by atoms with Crippen LogP contribution in [0.25, 0.3) is 0 Å². The highest BCUT2D eigenvalue weighted by atomic mass is 35.5. The number of rotatable bonds is 2. The van der Waals surface area contributed by atoms with Crippen LogP contribution in [0.5, 0.6) is 5.75 Å². The molecule has 1 N–H and O–H groups in total. The minimum absolute atomic E-state index is 0.0619. The van der Waals surface area contributed by atoms with Crippen LogP contribution in [-0.2, 0) is 10.1 Å². The predicted octanol–water partition coefficient (Wildman–Crippen LogP) is 2.62. The van der Waals surface area contributed by atoms with Crippen molar-refractivity contribution in [2.45, 2.75) is 18.7 Å². The van der Waals surface area contributed by atoms with Crippen LogP contribution >= 0.6 is 11.6 Å². The van der Waals surface area contributed by atoms with Crippen LogP contribution in [0.2, 0.25) is 5.02 Å². The summed E-state index contributed by atoms with van der Waals surface area (Å²) in [5, 5.41) is 0.216. The van der Waals surface area contributed by atoms with E-state index in [9.17, 15) is 8.42 Å². The molecule has 1 aromatic carbocycles. The zero-order chi connectivity index (χ0) is 12.1. The van der Waals surface area contributed by atoms with Gasteiger partial charge in [0.25, 0.3) is 10.1 Å². The number of hydrogen-bond acceptors (Lipinski definition) is 3. The molecule has 86 valence electrons. The molecule has 1 rings (SSSR count). The molecule has 0 aliphatic rings. The molecule has 0 aromatic heterocycles. The first-order valence-corrected chi connectivity index (χ1v) is 6.08. The summed E-state index contributed by atoms with van der Waals surface area (Å²) in [5.74, 6) is 0.0619. The molecular weight excluding hydrogens is 240 g/mol. The van der Waals surface area contributed by atoms with E-state index in [2.05, 4.69) is 0 Å². The maximum Gasteiger partial charge on any atom is 0.298 e. The summed E-state index contributed by atoms with van der Waals surface area (Å²) in [6.07, 6.45) is 0. The van der Waals surface area contributed by atoms with E-state index >= 15 is 0 Å². The Morgan fingerprint density at radius 2 is 1.87 bits per heavy atom. The first-order chi connectivity index (χ1) is 6.95. The quantitative estimate of drug-likeness (QED) is 0.822. The lowest BCUT2D eigenvalue weighted by Gasteiger charge is -2.05. The molecule has 0 radical (unpaired) electrons. The van der Waals surface area contributed by atoms with Crippen molar-refractivity contribution in [2.24, 2.45) is 0 Å². The average molecular weight is 253 g/mol. The molecular formula is C9H13ClO4S. The summed E-state index contributed by atoms with van der Waals surface area (Å²) < 4.78 is 35.1. The molecule has 0 spiro atoms. The molecule has 0 aliphatic carbocycles. The Morgan fingerprint density at radius 3 is 2.27 bits per heavy atom. The summed E-state index contributed by atoms with van der Waals surface area (Å²) in [6.45, 7) is 4.00. The third-order valence-corrected chi connectivity index (χ3v) is 2.51. The summed E-state index contributed by atoms with van der Waals surface area (Å²) in [5.41, 5.74) is 0. The number of benzene rings is 1. The lowest BCUT2D eigenvalue weighted by atomic mass is 10.3. The van der Waals surface area contributed by atoms with Crippen molar-refractivity contribution in [2.75, 3.05) is 7.11 Å². The summed E-state index contributed by atoms with van der Waals surface area (Å²) in [7, 11) is -2.97. The molecule has 0 saturated carbocycles. The monoisotopic (exact) mass is 252 g/mol. The van der Waals surface area contributed by atoms with Crippen molar-refractivity contribution in [1.29, 1.82) is 0 Å². The van der Waals surface area contributed by atoms with Crippen LogP contribution in [0.4, 0.5) is 0 Å². The highest BCUT2D eigenvalue weighted by Gasteiger charge is 2.16. The Balaban J connectivity index is 0.000000921. The minimum Gasteiger partial charge on any atom is -0.495 e. The third kappa shape index (κ3) is 4.07. The summed E-state index contributed by atoms with van der Waals surface area (Å²) in [4.78, 5) is -0.331. The predicted molar refractivity (Wildman–Crippen MR) is 59.2 cm³/mol. The Bertz CT molecular complexity index is 414. The van der Waals surface area contributed by atoms with Gasteiger partial charge in [-0.05, 0) is 18.2 Å². The van der Waals surface area contributed by atoms with Gasteiger partial charge in [-0.25, -0.2) is 0 Å². The van der Waals surface area contributed by atoms with E-state index < -0.39 is 10.1 Å². The smallest absolute Gasteiger partial charge is 0.298 e. The van der Waals surface area contributed by atoms with E-state index in [1.807, 2.05) is 13.8 Å². The van der Waals surface area contributed by atoms with Crippen molar-refractivity contribution >= 4 is 21.7 Å². The fourth-order valence-electron chi connectivity index (χ4n) is 0.852. The van der Waals surface area contributed by atoms with Gasteiger partial charge in [-0.1, -0.05) is 25.4 Å². The van der Waals surface area contributed by atoms with Gasteiger partial charge in [0.05, 0.1) is 7.11 Å². The Morgan fingerprint density at radius 1 is 1.33 bits per heavy atom. The number of halogens is 1. The molecule has 0 saturated heterocycles. The molecule has 0 unspecified atom stereocenters. The van der Waals surface area contributed by atoms with Crippen LogP contribution in [0.3, 0.4) is 0 Å². The Kier molecular flexibility index (Phi) is 5.64. The van der Waals surface area contributed by atoms with Crippen molar-refractivity contribution < 1.29 is 17.7 Å². The largest absolute Gasteiger partial charge is 0.495 e. The second kappa shape index (κ2) is 5.95. The maximum atomic E-state index is 10.8. The van der Waals surface area contributed by atoms with Gasteiger partial charge in [-0.15, -0.1) is 0 Å². The molecule has 1 aromatic rings. The Labute approximate surface area is 94.6 Å². The molecule has 0 fully saturated rings. The first-order valence-electron chi connectivity index (χ1n) is 4.26. The molecule has 0 heterocycles. The number of ether oxygens (including phenoxy) is 1. The summed E-state index contributed by atoms with van der Waals surface area (Å²) in [6, 6.07) is 3.95. The second-order valence-electron chi connectivity index (χ2n) is 2.27. The van der Waals surface area contributed by atoms with E-state index in [1.54, 1.807) is 0 Å². The molecule has 6 heteroatoms. The van der Waals surface area contributed by atoms with Crippen LogP contribution in [-0.4, -0.2) is 20.1 Å². The molecule has 4 nitrogen and oxygen atoms in total. The van der Waals surface area contributed by atoms with E-state index in [0.29, 0.717) is 0 Å². The van der Waals surface area contributed by atoms with Crippen molar-refractivity contribution in [1.82, 2.24) is 0 Å². The fraction of sp³-hybridized carbons (Fsp3) is 0.333. The molecule has 15 heavy (non-hydrogen) atoms. The van der Waals surface area contributed by atoms with E-state index in [0.717, 1.165) is 6.07 Å². The van der Waals surface area contributed by atoms with Crippen LogP contribution in [0.15, 0.2) is 23.1 Å². The van der Waals surface area contributed by atoms with Gasteiger partial charge < -0.3 is 4.74 Å². The van der Waals surface area contributed by atoms with Crippen molar-refractivity contribution in [3.05, 3.63) is 23.2 Å². The van der Waals surface area contributed by atoms with Crippen LogP contribution < -0.4 is 4.74 Å². The van der Waals surface area contributed by atoms with Gasteiger partial charge in [-0.3, -0.25) is 4.55 Å². The normalized spacial score (nSPS) is 10.2. The lowest BCUT2D eigenvalue weighted by molar-refractivity contribution is 0.397.